The van der Waals surface area contributed by atoms with E-state index in [0.717, 1.165) is 9.58 Å². The summed E-state index contributed by atoms with van der Waals surface area (Å²) in [5.41, 5.74) is 1.34. The number of thiazole rings is 1. The summed E-state index contributed by atoms with van der Waals surface area (Å²) in [5.74, 6) is 0.281. The molecular formula is C18H14ClN5O2S2. The Hall–Kier alpha value is -2.75. The monoisotopic (exact) mass is 431 g/mol. The molecule has 10 heteroatoms. The molecule has 0 spiro atoms. The molecule has 4 rings (SSSR count). The first-order chi connectivity index (χ1) is 13.5. The van der Waals surface area contributed by atoms with Crippen LogP contribution in [0.15, 0.2) is 36.5 Å². The van der Waals surface area contributed by atoms with Crippen LogP contribution in [0.2, 0.25) is 5.02 Å². The number of nitrogens with zero attached hydrogens (tertiary/aromatic N) is 3. The number of fused-ring (bicyclic) bond motifs is 1. The third kappa shape index (κ3) is 3.77. The fourth-order valence-electron chi connectivity index (χ4n) is 2.57. The number of halogens is 1. The largest absolute Gasteiger partial charge is 0.507 e. The molecule has 1 amide bonds. The van der Waals surface area contributed by atoms with Crippen LogP contribution in [0.5, 0.6) is 5.75 Å². The van der Waals surface area contributed by atoms with Crippen molar-refractivity contribution in [2.75, 3.05) is 17.7 Å². The number of para-hydroxylation sites is 1. The van der Waals surface area contributed by atoms with Crippen LogP contribution in [0.4, 0.5) is 11.1 Å². The number of aromatic hydroxyl groups is 1. The van der Waals surface area contributed by atoms with E-state index < -0.39 is 0 Å². The average Bonchev–Trinajstić information content (AvgIpc) is 3.26. The molecule has 0 unspecified atom stereocenters. The number of carbonyl (C=O) groups excluding carboxylic acids is 1. The van der Waals surface area contributed by atoms with Crippen molar-refractivity contribution in [2.24, 2.45) is 0 Å². The predicted octanol–water partition coefficient (Wildman–Crippen LogP) is 4.40. The van der Waals surface area contributed by atoms with E-state index in [9.17, 15) is 9.90 Å². The first-order valence-electron chi connectivity index (χ1n) is 8.21. The highest BCUT2D eigenvalue weighted by molar-refractivity contribution is 7.22. The van der Waals surface area contributed by atoms with Crippen molar-refractivity contribution in [3.8, 4) is 16.3 Å². The summed E-state index contributed by atoms with van der Waals surface area (Å²) in [6, 6.07) is 8.85. The summed E-state index contributed by atoms with van der Waals surface area (Å²) in [7, 11) is 1.73. The molecule has 0 atom stereocenters. The van der Waals surface area contributed by atoms with Crippen LogP contribution >= 0.6 is 34.3 Å². The number of amides is 1. The molecule has 0 aliphatic carbocycles. The van der Waals surface area contributed by atoms with Crippen molar-refractivity contribution in [3.63, 3.8) is 0 Å². The maximum absolute atomic E-state index is 12.4. The highest BCUT2D eigenvalue weighted by atomic mass is 35.5. The Morgan fingerprint density at radius 3 is 2.89 bits per heavy atom. The zero-order chi connectivity index (χ0) is 19.7. The minimum Gasteiger partial charge on any atom is -0.507 e. The van der Waals surface area contributed by atoms with Crippen LogP contribution in [-0.4, -0.2) is 33.0 Å². The van der Waals surface area contributed by atoms with Crippen LogP contribution in [0, 0.1) is 0 Å². The molecule has 3 N–H and O–H groups in total. The standard InChI is InChI=1S/C18H14ClN5O2S2/c1-20-17-21-6-5-10(22-17)13-7-11(25)14(27-13)8-15(26)23-18-24-16-9(19)3-2-4-12(16)28-18/h2-7,25H,8H2,1H3,(H,20,21,22)(H,23,24,26). The Labute approximate surface area is 173 Å². The van der Waals surface area contributed by atoms with Gasteiger partial charge in [0.05, 0.1) is 31.6 Å². The van der Waals surface area contributed by atoms with Gasteiger partial charge in [-0.2, -0.15) is 0 Å². The smallest absolute Gasteiger partial charge is 0.231 e. The van der Waals surface area contributed by atoms with Crippen molar-refractivity contribution in [2.45, 2.75) is 6.42 Å². The van der Waals surface area contributed by atoms with Crippen molar-refractivity contribution in [1.82, 2.24) is 15.0 Å². The SMILES string of the molecule is CNc1nccc(-c2cc(O)c(CC(=O)Nc3nc4c(Cl)cccc4s3)s2)n1. The number of rotatable bonds is 5. The molecule has 1 aromatic carbocycles. The second-order valence-corrected chi connectivity index (χ2v) is 8.34. The van der Waals surface area contributed by atoms with Gasteiger partial charge < -0.3 is 15.7 Å². The van der Waals surface area contributed by atoms with E-state index in [-0.39, 0.29) is 18.1 Å². The zero-order valence-electron chi connectivity index (χ0n) is 14.6. The number of nitrogens with one attached hydrogen (secondary N) is 2. The Bertz CT molecular complexity index is 1170. The van der Waals surface area contributed by atoms with Crippen LogP contribution < -0.4 is 10.6 Å². The van der Waals surface area contributed by atoms with E-state index in [0.29, 0.717) is 32.2 Å². The van der Waals surface area contributed by atoms with Gasteiger partial charge in [-0.05, 0) is 18.2 Å². The van der Waals surface area contributed by atoms with Crippen molar-refractivity contribution in [3.05, 3.63) is 46.4 Å². The fourth-order valence-corrected chi connectivity index (χ4v) is 4.77. The molecule has 0 saturated heterocycles. The van der Waals surface area contributed by atoms with Crippen LogP contribution in [0.25, 0.3) is 20.8 Å². The Kier molecular flexibility index (Phi) is 5.12. The molecule has 7 nitrogen and oxygen atoms in total. The number of hydrogen-bond donors (Lipinski definition) is 3. The fraction of sp³-hybridized carbons (Fsp3) is 0.111. The number of anilines is 2. The summed E-state index contributed by atoms with van der Waals surface area (Å²) in [4.78, 5) is 26.5. The molecule has 0 saturated carbocycles. The average molecular weight is 432 g/mol. The molecule has 0 aliphatic heterocycles. The molecule has 0 radical (unpaired) electrons. The molecule has 0 bridgehead atoms. The molecule has 0 fully saturated rings. The highest BCUT2D eigenvalue weighted by Gasteiger charge is 2.16. The van der Waals surface area contributed by atoms with Gasteiger partial charge in [0, 0.05) is 19.3 Å². The summed E-state index contributed by atoms with van der Waals surface area (Å²) in [6.07, 6.45) is 1.67. The van der Waals surface area contributed by atoms with Crippen molar-refractivity contribution < 1.29 is 9.90 Å². The summed E-state index contributed by atoms with van der Waals surface area (Å²) < 4.78 is 0.896. The minimum atomic E-state index is -0.266. The quantitative estimate of drug-likeness (QED) is 0.433. The van der Waals surface area contributed by atoms with Gasteiger partial charge in [0.25, 0.3) is 0 Å². The first-order valence-corrected chi connectivity index (χ1v) is 10.2. The number of thiophene rings is 1. The van der Waals surface area contributed by atoms with Crippen molar-refractivity contribution >= 4 is 61.5 Å². The van der Waals surface area contributed by atoms with Crippen LogP contribution in [0.3, 0.4) is 0 Å². The van der Waals surface area contributed by atoms with Crippen LogP contribution in [0.1, 0.15) is 4.88 Å². The normalized spacial score (nSPS) is 10.9. The molecule has 142 valence electrons. The number of carbonyl (C=O) groups is 1. The van der Waals surface area contributed by atoms with Gasteiger partial charge in [0.15, 0.2) is 5.13 Å². The molecular weight excluding hydrogens is 418 g/mol. The van der Waals surface area contributed by atoms with Gasteiger partial charge in [-0.25, -0.2) is 15.0 Å². The van der Waals surface area contributed by atoms with E-state index in [1.54, 1.807) is 31.4 Å². The third-order valence-corrected chi connectivity index (χ3v) is 6.24. The first kappa shape index (κ1) is 18.6. The summed E-state index contributed by atoms with van der Waals surface area (Å²) in [5, 5.41) is 16.9. The van der Waals surface area contributed by atoms with Gasteiger partial charge in [-0.3, -0.25) is 4.79 Å². The molecule has 3 aromatic heterocycles. The van der Waals surface area contributed by atoms with E-state index in [4.69, 9.17) is 11.6 Å². The highest BCUT2D eigenvalue weighted by Crippen LogP contribution is 2.36. The lowest BCUT2D eigenvalue weighted by molar-refractivity contribution is -0.115. The van der Waals surface area contributed by atoms with E-state index >= 15 is 0 Å². The molecule has 3 heterocycles. The van der Waals surface area contributed by atoms with Crippen LogP contribution in [-0.2, 0) is 11.2 Å². The van der Waals surface area contributed by atoms with Gasteiger partial charge in [0.2, 0.25) is 11.9 Å². The van der Waals surface area contributed by atoms with E-state index in [2.05, 4.69) is 25.6 Å². The lowest BCUT2D eigenvalue weighted by atomic mass is 10.3. The Morgan fingerprint density at radius 1 is 1.25 bits per heavy atom. The Morgan fingerprint density at radius 2 is 2.11 bits per heavy atom. The maximum Gasteiger partial charge on any atom is 0.231 e. The topological polar surface area (TPSA) is 100 Å². The Balaban J connectivity index is 1.51. The lowest BCUT2D eigenvalue weighted by Gasteiger charge is -2.01. The van der Waals surface area contributed by atoms with Crippen molar-refractivity contribution in [1.29, 1.82) is 0 Å². The van der Waals surface area contributed by atoms with Gasteiger partial charge in [-0.1, -0.05) is 29.0 Å². The number of hydrogen-bond acceptors (Lipinski definition) is 8. The maximum atomic E-state index is 12.4. The second-order valence-electron chi connectivity index (χ2n) is 5.77. The van der Waals surface area contributed by atoms with Gasteiger partial charge in [0.1, 0.15) is 11.3 Å². The lowest BCUT2D eigenvalue weighted by Crippen LogP contribution is -2.13. The number of benzene rings is 1. The van der Waals surface area contributed by atoms with Gasteiger partial charge >= 0.3 is 0 Å². The second kappa shape index (κ2) is 7.70. The third-order valence-electron chi connectivity index (χ3n) is 3.86. The summed E-state index contributed by atoms with van der Waals surface area (Å²) >= 11 is 8.79. The minimum absolute atomic E-state index is 0.0319. The van der Waals surface area contributed by atoms with E-state index in [1.807, 2.05) is 12.1 Å². The molecule has 4 aromatic rings. The van der Waals surface area contributed by atoms with Gasteiger partial charge in [-0.15, -0.1) is 11.3 Å². The molecule has 28 heavy (non-hydrogen) atoms. The number of aromatic nitrogens is 3. The zero-order valence-corrected chi connectivity index (χ0v) is 17.0. The predicted molar refractivity (Wildman–Crippen MR) is 114 cm³/mol. The van der Waals surface area contributed by atoms with E-state index in [1.165, 1.54) is 22.7 Å². The molecule has 0 aliphatic rings. The summed E-state index contributed by atoms with van der Waals surface area (Å²) in [6.45, 7) is 0.